The molecule has 0 aliphatic heterocycles. The van der Waals surface area contributed by atoms with Crippen LogP contribution in [0.2, 0.25) is 0 Å². The van der Waals surface area contributed by atoms with Gasteiger partial charge in [0.1, 0.15) is 0 Å². The summed E-state index contributed by atoms with van der Waals surface area (Å²) in [6.45, 7) is 0.792. The fourth-order valence-corrected chi connectivity index (χ4v) is 1.19. The molecule has 2 amide bonds. The molecule has 1 aromatic rings. The average Bonchev–Trinajstić information content (AvgIpc) is 2.32. The van der Waals surface area contributed by atoms with Crippen molar-refractivity contribution < 1.29 is 18.4 Å². The van der Waals surface area contributed by atoms with Crippen LogP contribution < -0.4 is 10.6 Å². The third kappa shape index (κ3) is 4.18. The van der Waals surface area contributed by atoms with Crippen molar-refractivity contribution in [1.82, 2.24) is 10.6 Å². The van der Waals surface area contributed by atoms with Crippen molar-refractivity contribution in [2.24, 2.45) is 0 Å². The van der Waals surface area contributed by atoms with Crippen LogP contribution in [0.1, 0.15) is 16.8 Å². The van der Waals surface area contributed by atoms with Gasteiger partial charge in [-0.05, 0) is 24.6 Å². The van der Waals surface area contributed by atoms with Crippen molar-refractivity contribution in [2.75, 3.05) is 13.1 Å². The summed E-state index contributed by atoms with van der Waals surface area (Å²) in [5.74, 6) is -2.52. The Morgan fingerprint density at radius 3 is 2.65 bits per heavy atom. The molecule has 2 N–H and O–H groups in total. The second kappa shape index (κ2) is 6.57. The fraction of sp³-hybridized carbons (Fsp3) is 0.273. The van der Waals surface area contributed by atoms with Gasteiger partial charge in [0.2, 0.25) is 6.41 Å². The highest BCUT2D eigenvalue weighted by atomic mass is 19.2. The van der Waals surface area contributed by atoms with Gasteiger partial charge in [-0.2, -0.15) is 0 Å². The molecular formula is C11H12F2N2O2. The molecule has 6 heteroatoms. The van der Waals surface area contributed by atoms with Crippen LogP contribution in [0.3, 0.4) is 0 Å². The summed E-state index contributed by atoms with van der Waals surface area (Å²) in [5, 5.41) is 4.96. The predicted molar refractivity (Wildman–Crippen MR) is 57.4 cm³/mol. The van der Waals surface area contributed by atoms with Crippen LogP contribution in [0, 0.1) is 11.6 Å². The molecule has 0 fully saturated rings. The molecule has 92 valence electrons. The molecule has 1 aromatic carbocycles. The minimum atomic E-state index is -1.06. The zero-order valence-electron chi connectivity index (χ0n) is 9.00. The summed E-state index contributed by atoms with van der Waals surface area (Å²) >= 11 is 0. The van der Waals surface area contributed by atoms with Gasteiger partial charge in [0.05, 0.1) is 0 Å². The number of halogens is 2. The lowest BCUT2D eigenvalue weighted by molar-refractivity contribution is -0.109. The van der Waals surface area contributed by atoms with Crippen LogP contribution in [0.4, 0.5) is 8.78 Å². The number of carbonyl (C=O) groups excluding carboxylic acids is 2. The molecule has 4 nitrogen and oxygen atoms in total. The molecule has 0 saturated heterocycles. The van der Waals surface area contributed by atoms with Gasteiger partial charge in [0, 0.05) is 18.7 Å². The Balaban J connectivity index is 2.41. The van der Waals surface area contributed by atoms with Crippen LogP contribution >= 0.6 is 0 Å². The van der Waals surface area contributed by atoms with Crippen molar-refractivity contribution in [3.8, 4) is 0 Å². The zero-order valence-corrected chi connectivity index (χ0v) is 9.00. The number of rotatable bonds is 6. The normalized spacial score (nSPS) is 9.76. The Hall–Kier alpha value is -1.98. The van der Waals surface area contributed by atoms with Crippen LogP contribution in [-0.2, 0) is 4.79 Å². The summed E-state index contributed by atoms with van der Waals surface area (Å²) in [5.41, 5.74) is 0.0623. The minimum absolute atomic E-state index is 0.0623. The number of hydrogen-bond donors (Lipinski definition) is 2. The highest BCUT2D eigenvalue weighted by Gasteiger charge is 2.08. The molecule has 0 unspecified atom stereocenters. The summed E-state index contributed by atoms with van der Waals surface area (Å²) in [6.07, 6.45) is 1.13. The maximum atomic E-state index is 12.8. The van der Waals surface area contributed by atoms with Gasteiger partial charge in [-0.3, -0.25) is 9.59 Å². The SMILES string of the molecule is O=CNCCCNC(=O)c1ccc(F)c(F)c1. The maximum absolute atomic E-state index is 12.8. The number of amides is 2. The molecule has 0 atom stereocenters. The van der Waals surface area contributed by atoms with Crippen LogP contribution in [0.15, 0.2) is 18.2 Å². The van der Waals surface area contributed by atoms with E-state index >= 15 is 0 Å². The number of carbonyl (C=O) groups is 2. The quantitative estimate of drug-likeness (QED) is 0.573. The number of benzene rings is 1. The van der Waals surface area contributed by atoms with E-state index in [4.69, 9.17) is 0 Å². The van der Waals surface area contributed by atoms with Gasteiger partial charge in [-0.25, -0.2) is 8.78 Å². The van der Waals surface area contributed by atoms with Crippen molar-refractivity contribution in [2.45, 2.75) is 6.42 Å². The van der Waals surface area contributed by atoms with E-state index in [1.807, 2.05) is 0 Å². The molecule has 0 spiro atoms. The second-order valence-corrected chi connectivity index (χ2v) is 3.31. The Morgan fingerprint density at radius 2 is 2.00 bits per heavy atom. The second-order valence-electron chi connectivity index (χ2n) is 3.31. The van der Waals surface area contributed by atoms with E-state index in [0.717, 1.165) is 12.1 Å². The lowest BCUT2D eigenvalue weighted by atomic mass is 10.2. The van der Waals surface area contributed by atoms with E-state index in [1.165, 1.54) is 6.07 Å². The standard InChI is InChI=1S/C11H12F2N2O2/c12-9-3-2-8(6-10(9)13)11(17)15-5-1-4-14-7-16/h2-3,6-7H,1,4-5H2,(H,14,16)(H,15,17). The van der Waals surface area contributed by atoms with Gasteiger partial charge >= 0.3 is 0 Å². The van der Waals surface area contributed by atoms with E-state index < -0.39 is 17.5 Å². The third-order valence-electron chi connectivity index (χ3n) is 2.05. The third-order valence-corrected chi connectivity index (χ3v) is 2.05. The largest absolute Gasteiger partial charge is 0.359 e. The lowest BCUT2D eigenvalue weighted by Gasteiger charge is -2.05. The van der Waals surface area contributed by atoms with Crippen LogP contribution in [0.25, 0.3) is 0 Å². The highest BCUT2D eigenvalue weighted by Crippen LogP contribution is 2.08. The molecule has 0 radical (unpaired) electrons. The predicted octanol–water partition coefficient (Wildman–Crippen LogP) is 0.831. The number of nitrogens with one attached hydrogen (secondary N) is 2. The molecule has 0 heterocycles. The topological polar surface area (TPSA) is 58.2 Å². The molecule has 1 rings (SSSR count). The van der Waals surface area contributed by atoms with E-state index in [9.17, 15) is 18.4 Å². The Morgan fingerprint density at radius 1 is 1.24 bits per heavy atom. The van der Waals surface area contributed by atoms with Crippen molar-refractivity contribution in [3.05, 3.63) is 35.4 Å². The Kier molecular flexibility index (Phi) is 5.06. The lowest BCUT2D eigenvalue weighted by Crippen LogP contribution is -2.27. The highest BCUT2D eigenvalue weighted by molar-refractivity contribution is 5.94. The first-order chi connectivity index (χ1) is 8.15. The first-order valence-electron chi connectivity index (χ1n) is 5.05. The first kappa shape index (κ1) is 13.1. The van der Waals surface area contributed by atoms with Gasteiger partial charge < -0.3 is 10.6 Å². The van der Waals surface area contributed by atoms with Gasteiger partial charge in [0.25, 0.3) is 5.91 Å². The Bertz CT molecular complexity index is 410. The summed E-state index contributed by atoms with van der Waals surface area (Å²) in [6, 6.07) is 2.95. The van der Waals surface area contributed by atoms with Gasteiger partial charge in [0.15, 0.2) is 11.6 Å². The molecular weight excluding hydrogens is 230 g/mol. The first-order valence-corrected chi connectivity index (χ1v) is 5.05. The average molecular weight is 242 g/mol. The molecule has 17 heavy (non-hydrogen) atoms. The van der Waals surface area contributed by atoms with Crippen molar-refractivity contribution >= 4 is 12.3 Å². The van der Waals surface area contributed by atoms with Gasteiger partial charge in [-0.15, -0.1) is 0 Å². The monoisotopic (exact) mass is 242 g/mol. The minimum Gasteiger partial charge on any atom is -0.359 e. The van der Waals surface area contributed by atoms with Crippen molar-refractivity contribution in [3.63, 3.8) is 0 Å². The molecule has 0 aromatic heterocycles. The van der Waals surface area contributed by atoms with E-state index in [2.05, 4.69) is 10.6 Å². The summed E-state index contributed by atoms with van der Waals surface area (Å²) in [4.78, 5) is 21.4. The molecule has 0 saturated carbocycles. The summed E-state index contributed by atoms with van der Waals surface area (Å²) in [7, 11) is 0. The fourth-order valence-electron chi connectivity index (χ4n) is 1.19. The molecule has 0 bridgehead atoms. The maximum Gasteiger partial charge on any atom is 0.251 e. The van der Waals surface area contributed by atoms with Gasteiger partial charge in [-0.1, -0.05) is 0 Å². The van der Waals surface area contributed by atoms with E-state index in [-0.39, 0.29) is 5.56 Å². The molecule has 0 aliphatic rings. The van der Waals surface area contributed by atoms with Crippen LogP contribution in [-0.4, -0.2) is 25.4 Å². The summed E-state index contributed by atoms with van der Waals surface area (Å²) < 4.78 is 25.4. The van der Waals surface area contributed by atoms with E-state index in [0.29, 0.717) is 25.9 Å². The van der Waals surface area contributed by atoms with E-state index in [1.54, 1.807) is 0 Å². The number of hydrogen-bond acceptors (Lipinski definition) is 2. The molecule has 0 aliphatic carbocycles. The van der Waals surface area contributed by atoms with Crippen LogP contribution in [0.5, 0.6) is 0 Å². The Labute approximate surface area is 97.0 Å². The smallest absolute Gasteiger partial charge is 0.251 e. The zero-order chi connectivity index (χ0) is 12.7. The van der Waals surface area contributed by atoms with Crippen molar-refractivity contribution in [1.29, 1.82) is 0 Å².